The van der Waals surface area contributed by atoms with E-state index in [-0.39, 0.29) is 12.4 Å². The summed E-state index contributed by atoms with van der Waals surface area (Å²) in [5.74, 6) is 0.155. The number of aryl methyl sites for hydroxylation is 2. The quantitative estimate of drug-likeness (QED) is 0.481. The topological polar surface area (TPSA) is 76.8 Å². The summed E-state index contributed by atoms with van der Waals surface area (Å²) in [6, 6.07) is 1.74. The van der Waals surface area contributed by atoms with E-state index in [0.29, 0.717) is 16.0 Å². The van der Waals surface area contributed by atoms with Gasteiger partial charge in [-0.15, -0.1) is 0 Å². The highest BCUT2D eigenvalue weighted by Gasteiger charge is 2.10. The summed E-state index contributed by atoms with van der Waals surface area (Å²) in [6.07, 6.45) is 0. The zero-order valence-corrected chi connectivity index (χ0v) is 7.22. The minimum absolute atomic E-state index is 0.0557. The van der Waals surface area contributed by atoms with Gasteiger partial charge in [0.25, 0.3) is 5.82 Å². The minimum Gasteiger partial charge on any atom is -0.710 e. The van der Waals surface area contributed by atoms with Gasteiger partial charge in [-0.05, 0) is 25.5 Å². The molecule has 0 aliphatic carbocycles. The fourth-order valence-electron chi connectivity index (χ4n) is 1.20. The lowest BCUT2D eigenvalue weighted by molar-refractivity contribution is -0.597. The van der Waals surface area contributed by atoms with Gasteiger partial charge in [-0.2, -0.15) is 0 Å². The first-order valence-electron chi connectivity index (χ1n) is 3.70. The van der Waals surface area contributed by atoms with Crippen LogP contribution in [0.15, 0.2) is 6.07 Å². The van der Waals surface area contributed by atoms with Gasteiger partial charge in [0.15, 0.2) is 0 Å². The van der Waals surface area contributed by atoms with Gasteiger partial charge in [-0.25, -0.2) is 4.73 Å². The van der Waals surface area contributed by atoms with Crippen molar-refractivity contribution in [1.29, 1.82) is 0 Å². The second-order valence-corrected chi connectivity index (χ2v) is 2.80. The Kier molecular flexibility index (Phi) is 2.19. The molecule has 12 heavy (non-hydrogen) atoms. The van der Waals surface area contributed by atoms with Crippen LogP contribution in [0.3, 0.4) is 0 Å². The fourth-order valence-corrected chi connectivity index (χ4v) is 1.20. The van der Waals surface area contributed by atoms with E-state index in [9.17, 15) is 5.21 Å². The highest BCUT2D eigenvalue weighted by molar-refractivity contribution is 5.40. The molecule has 1 rings (SSSR count). The molecule has 0 spiro atoms. The second-order valence-electron chi connectivity index (χ2n) is 2.80. The maximum Gasteiger partial charge on any atom is 0.280 e. The van der Waals surface area contributed by atoms with Crippen LogP contribution in [0.4, 0.5) is 5.82 Å². The molecule has 0 saturated heterocycles. The molecule has 0 atom stereocenters. The number of aromatic nitrogens is 1. The maximum atomic E-state index is 11.2. The summed E-state index contributed by atoms with van der Waals surface area (Å²) in [4.78, 5) is 0. The van der Waals surface area contributed by atoms with E-state index < -0.39 is 0 Å². The molecule has 0 bridgehead atoms. The van der Waals surface area contributed by atoms with Crippen molar-refractivity contribution in [3.05, 3.63) is 28.1 Å². The molecule has 0 unspecified atom stereocenters. The van der Waals surface area contributed by atoms with Crippen molar-refractivity contribution in [3.8, 4) is 0 Å². The number of nitrogen functional groups attached to an aromatic ring is 1. The number of hydrogen-bond donors (Lipinski definition) is 1. The Morgan fingerprint density at radius 3 is 2.67 bits per heavy atom. The molecule has 0 aliphatic rings. The number of nitrogens with two attached hydrogens (primary N) is 1. The van der Waals surface area contributed by atoms with E-state index in [1.807, 2.05) is 6.92 Å². The normalized spacial score (nSPS) is 10.2. The zero-order valence-electron chi connectivity index (χ0n) is 7.22. The van der Waals surface area contributed by atoms with Gasteiger partial charge in [-0.1, -0.05) is 0 Å². The molecule has 0 fully saturated rings. The molecule has 3 N–H and O–H groups in total. The smallest absolute Gasteiger partial charge is 0.280 e. The van der Waals surface area contributed by atoms with Crippen LogP contribution in [0, 0.1) is 19.1 Å². The van der Waals surface area contributed by atoms with Crippen LogP contribution < -0.4 is 16.2 Å². The van der Waals surface area contributed by atoms with E-state index in [1.54, 1.807) is 13.0 Å². The number of pyridine rings is 1. The fraction of sp³-hybridized carbons (Fsp3) is 0.375. The number of hydrogen-bond acceptors (Lipinski definition) is 2. The van der Waals surface area contributed by atoms with Crippen molar-refractivity contribution >= 4 is 5.82 Å². The lowest BCUT2D eigenvalue weighted by Crippen LogP contribution is -2.35. The van der Waals surface area contributed by atoms with Crippen LogP contribution in [-0.2, 0) is 6.54 Å². The zero-order chi connectivity index (χ0) is 9.30. The lowest BCUT2D eigenvalue weighted by Gasteiger charge is -2.12. The second kappa shape index (κ2) is 2.98. The van der Waals surface area contributed by atoms with E-state index in [4.69, 9.17) is 11.5 Å². The van der Waals surface area contributed by atoms with Gasteiger partial charge in [0.05, 0.1) is 5.56 Å². The van der Waals surface area contributed by atoms with Crippen molar-refractivity contribution in [2.75, 3.05) is 5.73 Å². The van der Waals surface area contributed by atoms with Gasteiger partial charge in [0, 0.05) is 6.54 Å². The first-order valence-corrected chi connectivity index (χ1v) is 3.70. The average Bonchev–Trinajstić information content (AvgIpc) is 2.01. The Morgan fingerprint density at radius 2 is 2.17 bits per heavy atom. The monoisotopic (exact) mass is 166 g/mol. The molecule has 0 amide bonds. The third-order valence-electron chi connectivity index (χ3n) is 1.93. The maximum absolute atomic E-state index is 11.2. The van der Waals surface area contributed by atoms with Crippen LogP contribution in [0.2, 0.25) is 0 Å². The Hall–Kier alpha value is -1.29. The van der Waals surface area contributed by atoms with Gasteiger partial charge in [0.2, 0.25) is 0 Å². The SMILES string of the molecule is Cc1cc(C)[n+]([O-])c(N)c1C[NH]. The molecule has 4 nitrogen and oxygen atoms in total. The van der Waals surface area contributed by atoms with Crippen LogP contribution in [0.1, 0.15) is 16.8 Å². The van der Waals surface area contributed by atoms with Crippen molar-refractivity contribution < 1.29 is 4.73 Å². The first kappa shape index (κ1) is 8.80. The van der Waals surface area contributed by atoms with E-state index in [2.05, 4.69) is 0 Å². The molecule has 1 heterocycles. The van der Waals surface area contributed by atoms with Crippen molar-refractivity contribution in [3.63, 3.8) is 0 Å². The largest absolute Gasteiger partial charge is 0.710 e. The predicted molar refractivity (Wildman–Crippen MR) is 46.1 cm³/mol. The summed E-state index contributed by atoms with van der Waals surface area (Å²) in [7, 11) is 0. The Balaban J connectivity index is 3.40. The van der Waals surface area contributed by atoms with Crippen LogP contribution in [0.5, 0.6) is 0 Å². The average molecular weight is 166 g/mol. The number of rotatable bonds is 1. The molecule has 65 valence electrons. The number of nitrogens with one attached hydrogen (secondary N) is 1. The summed E-state index contributed by atoms with van der Waals surface area (Å²) in [6.45, 7) is 3.61. The molecule has 4 heteroatoms. The van der Waals surface area contributed by atoms with Gasteiger partial charge in [-0.3, -0.25) is 11.5 Å². The standard InChI is InChI=1S/C8H12N3O/c1-5-3-6(2)11(12)8(10)7(5)4-9/h3,9H,4,10H2,1-2H3. The summed E-state index contributed by atoms with van der Waals surface area (Å²) in [5, 5.41) is 11.2. The van der Waals surface area contributed by atoms with Crippen LogP contribution in [-0.4, -0.2) is 0 Å². The van der Waals surface area contributed by atoms with Crippen molar-refractivity contribution in [2.24, 2.45) is 0 Å². The first-order chi connectivity index (χ1) is 5.57. The van der Waals surface area contributed by atoms with Crippen LogP contribution in [0.25, 0.3) is 0 Å². The van der Waals surface area contributed by atoms with E-state index >= 15 is 0 Å². The van der Waals surface area contributed by atoms with Gasteiger partial charge < -0.3 is 5.21 Å². The highest BCUT2D eigenvalue weighted by Crippen LogP contribution is 2.12. The Bertz CT molecular complexity index is 310. The third-order valence-corrected chi connectivity index (χ3v) is 1.93. The van der Waals surface area contributed by atoms with Crippen molar-refractivity contribution in [1.82, 2.24) is 5.73 Å². The van der Waals surface area contributed by atoms with Gasteiger partial charge >= 0.3 is 0 Å². The lowest BCUT2D eigenvalue weighted by atomic mass is 10.1. The predicted octanol–water partition coefficient (Wildman–Crippen LogP) is 0.302. The van der Waals surface area contributed by atoms with E-state index in [1.165, 1.54) is 0 Å². The number of nitrogens with zero attached hydrogens (tertiary/aromatic N) is 1. The molecule has 0 aliphatic heterocycles. The Labute approximate surface area is 71.4 Å². The van der Waals surface area contributed by atoms with Gasteiger partial charge in [0.1, 0.15) is 5.69 Å². The van der Waals surface area contributed by atoms with E-state index in [0.717, 1.165) is 5.56 Å². The molecule has 0 aromatic carbocycles. The molecule has 1 radical (unpaired) electrons. The molecule has 0 saturated carbocycles. The summed E-state index contributed by atoms with van der Waals surface area (Å²) >= 11 is 0. The minimum atomic E-state index is 0.0557. The molecular weight excluding hydrogens is 154 g/mol. The Morgan fingerprint density at radius 1 is 1.58 bits per heavy atom. The highest BCUT2D eigenvalue weighted by atomic mass is 16.5. The molecular formula is C8H12N3O. The summed E-state index contributed by atoms with van der Waals surface area (Å²) in [5.41, 5.74) is 14.8. The molecule has 1 aromatic rings. The molecule has 1 aromatic heterocycles. The van der Waals surface area contributed by atoms with Crippen LogP contribution >= 0.6 is 0 Å². The third kappa shape index (κ3) is 1.21. The van der Waals surface area contributed by atoms with Crippen molar-refractivity contribution in [2.45, 2.75) is 20.4 Å². The number of anilines is 1. The summed E-state index contributed by atoms with van der Waals surface area (Å²) < 4.78 is 0.664.